The van der Waals surface area contributed by atoms with Gasteiger partial charge in [0.25, 0.3) is 0 Å². The molecule has 0 atom stereocenters. The number of hydrogen-bond acceptors (Lipinski definition) is 5. The van der Waals surface area contributed by atoms with Crippen LogP contribution in [0.25, 0.3) is 0 Å². The first-order valence-electron chi connectivity index (χ1n) is 6.69. The largest absolute Gasteiger partial charge is 0.497 e. The summed E-state index contributed by atoms with van der Waals surface area (Å²) in [5, 5.41) is 2.71. The lowest BCUT2D eigenvalue weighted by molar-refractivity contribution is 0.139. The molecule has 7 heteroatoms. The highest BCUT2D eigenvalue weighted by atomic mass is 32.1. The van der Waals surface area contributed by atoms with E-state index < -0.39 is 7.75 Å². The van der Waals surface area contributed by atoms with Gasteiger partial charge in [0.1, 0.15) is 10.7 Å². The van der Waals surface area contributed by atoms with Crippen LogP contribution in [0.4, 0.5) is 0 Å². The summed E-state index contributed by atoms with van der Waals surface area (Å²) in [6, 6.07) is 7.12. The lowest BCUT2D eigenvalue weighted by Crippen LogP contribution is -2.25. The van der Waals surface area contributed by atoms with Gasteiger partial charge in [0.15, 0.2) is 0 Å². The third kappa shape index (κ3) is 6.14. The van der Waals surface area contributed by atoms with E-state index in [4.69, 9.17) is 26.0 Å². The zero-order chi connectivity index (χ0) is 16.0. The molecule has 0 aliphatic carbocycles. The Morgan fingerprint density at radius 1 is 1.10 bits per heavy atom. The van der Waals surface area contributed by atoms with Gasteiger partial charge in [-0.2, -0.15) is 0 Å². The van der Waals surface area contributed by atoms with E-state index in [0.717, 1.165) is 5.75 Å². The molecule has 0 heterocycles. The Labute approximate surface area is 131 Å². The first-order chi connectivity index (χ1) is 9.75. The Kier molecular flexibility index (Phi) is 6.81. The number of thiocarbonyl (C=S) groups is 1. The molecular formula is C14H22NO4PS. The van der Waals surface area contributed by atoms with Crippen molar-refractivity contribution >= 4 is 25.0 Å². The second-order valence-electron chi connectivity index (χ2n) is 4.98. The number of hydrogen-bond donors (Lipinski definition) is 1. The molecule has 0 amide bonds. The second-order valence-corrected chi connectivity index (χ2v) is 7.02. The van der Waals surface area contributed by atoms with Crippen LogP contribution in [0.1, 0.15) is 33.3 Å². The van der Waals surface area contributed by atoms with Crippen molar-refractivity contribution in [3.63, 3.8) is 0 Å². The summed E-state index contributed by atoms with van der Waals surface area (Å²) in [7, 11) is -1.90. The molecule has 118 valence electrons. The van der Waals surface area contributed by atoms with Crippen molar-refractivity contribution in [1.29, 1.82) is 0 Å². The van der Waals surface area contributed by atoms with Gasteiger partial charge in [0.2, 0.25) is 0 Å². The average Bonchev–Trinajstić information content (AvgIpc) is 2.36. The van der Waals surface area contributed by atoms with Crippen LogP contribution in [-0.2, 0) is 13.6 Å². The summed E-state index contributed by atoms with van der Waals surface area (Å²) < 4.78 is 28.6. The minimum atomic E-state index is -3.49. The summed E-state index contributed by atoms with van der Waals surface area (Å²) in [4.78, 5) is 0.308. The summed E-state index contributed by atoms with van der Waals surface area (Å²) in [5.74, 6) is 0.724. The molecule has 1 aromatic rings. The molecule has 1 N–H and O–H groups in total. The highest BCUT2D eigenvalue weighted by Gasteiger charge is 2.29. The Balaban J connectivity index is 2.86. The van der Waals surface area contributed by atoms with Gasteiger partial charge in [-0.05, 0) is 52.0 Å². The number of methoxy groups -OCH3 is 1. The van der Waals surface area contributed by atoms with Gasteiger partial charge in [-0.3, -0.25) is 14.1 Å². The van der Waals surface area contributed by atoms with Gasteiger partial charge >= 0.3 is 7.75 Å². The van der Waals surface area contributed by atoms with E-state index in [9.17, 15) is 4.57 Å². The van der Waals surface area contributed by atoms with Crippen molar-refractivity contribution in [3.05, 3.63) is 29.8 Å². The molecule has 21 heavy (non-hydrogen) atoms. The van der Waals surface area contributed by atoms with E-state index in [1.807, 2.05) is 0 Å². The monoisotopic (exact) mass is 331 g/mol. The molecule has 0 saturated carbocycles. The van der Waals surface area contributed by atoms with E-state index >= 15 is 0 Å². The summed E-state index contributed by atoms with van der Waals surface area (Å²) in [5.41, 5.74) is 0.714. The van der Waals surface area contributed by atoms with Crippen molar-refractivity contribution in [2.75, 3.05) is 7.11 Å². The molecule has 0 aromatic heterocycles. The molecule has 0 aliphatic heterocycles. The first kappa shape index (κ1) is 18.1. The molecule has 1 aromatic carbocycles. The lowest BCUT2D eigenvalue weighted by atomic mass is 10.2. The summed E-state index contributed by atoms with van der Waals surface area (Å²) >= 11 is 5.27. The van der Waals surface area contributed by atoms with Crippen molar-refractivity contribution in [1.82, 2.24) is 5.09 Å². The lowest BCUT2D eigenvalue weighted by Gasteiger charge is -2.24. The quantitative estimate of drug-likeness (QED) is 0.604. The number of nitrogens with one attached hydrogen (secondary N) is 1. The molecular weight excluding hydrogens is 309 g/mol. The van der Waals surface area contributed by atoms with Crippen LogP contribution in [-0.4, -0.2) is 24.3 Å². The maximum absolute atomic E-state index is 12.7. The van der Waals surface area contributed by atoms with Crippen LogP contribution in [0.5, 0.6) is 5.75 Å². The first-order valence-corrected chi connectivity index (χ1v) is 8.64. The zero-order valence-electron chi connectivity index (χ0n) is 13.0. The molecule has 0 bridgehead atoms. The van der Waals surface area contributed by atoms with Crippen LogP contribution < -0.4 is 9.82 Å². The van der Waals surface area contributed by atoms with Gasteiger partial charge in [0, 0.05) is 5.56 Å². The summed E-state index contributed by atoms with van der Waals surface area (Å²) in [6.07, 6.45) is -0.499. The molecule has 1 rings (SSSR count). The number of ether oxygens (including phenoxy) is 1. The molecule has 0 radical (unpaired) electrons. The zero-order valence-corrected chi connectivity index (χ0v) is 14.7. The van der Waals surface area contributed by atoms with Gasteiger partial charge in [-0.1, -0.05) is 12.2 Å². The fourth-order valence-corrected chi connectivity index (χ4v) is 3.68. The molecule has 0 aliphatic rings. The second kappa shape index (κ2) is 7.90. The standard InChI is InChI=1S/C14H22NO4PS/c1-10(2)18-20(16,19-11(3)4)15-14(21)12-6-8-13(17-5)9-7-12/h6-11H,1-5H3,(H,15,16,21). The van der Waals surface area contributed by atoms with Gasteiger partial charge in [0.05, 0.1) is 19.3 Å². The SMILES string of the molecule is COc1ccc(C(=S)NP(=O)(OC(C)C)OC(C)C)cc1. The van der Waals surface area contributed by atoms with E-state index in [-0.39, 0.29) is 12.2 Å². The Bertz CT molecular complexity index is 502. The molecule has 0 unspecified atom stereocenters. The van der Waals surface area contributed by atoms with Crippen molar-refractivity contribution in [3.8, 4) is 5.75 Å². The minimum Gasteiger partial charge on any atom is -0.497 e. The summed E-state index contributed by atoms with van der Waals surface area (Å²) in [6.45, 7) is 7.14. The molecule has 0 fully saturated rings. The molecule has 0 saturated heterocycles. The maximum atomic E-state index is 12.7. The van der Waals surface area contributed by atoms with Crippen LogP contribution in [0.15, 0.2) is 24.3 Å². The fourth-order valence-electron chi connectivity index (χ4n) is 1.56. The van der Waals surface area contributed by atoms with Crippen LogP contribution in [0, 0.1) is 0 Å². The Hall–Kier alpha value is -0.940. The van der Waals surface area contributed by atoms with Gasteiger partial charge in [-0.15, -0.1) is 0 Å². The molecule has 5 nitrogen and oxygen atoms in total. The van der Waals surface area contributed by atoms with Crippen molar-refractivity contribution in [2.24, 2.45) is 0 Å². The van der Waals surface area contributed by atoms with Crippen LogP contribution >= 0.6 is 20.0 Å². The fraction of sp³-hybridized carbons (Fsp3) is 0.500. The predicted molar refractivity (Wildman–Crippen MR) is 87.9 cm³/mol. The number of rotatable bonds is 7. The Morgan fingerprint density at radius 3 is 1.95 bits per heavy atom. The highest BCUT2D eigenvalue weighted by Crippen LogP contribution is 2.46. The Morgan fingerprint density at radius 2 is 1.57 bits per heavy atom. The highest BCUT2D eigenvalue weighted by molar-refractivity contribution is 7.81. The average molecular weight is 331 g/mol. The van der Waals surface area contributed by atoms with E-state index in [1.54, 1.807) is 59.1 Å². The van der Waals surface area contributed by atoms with E-state index in [1.165, 1.54) is 0 Å². The minimum absolute atomic E-state index is 0.249. The third-order valence-electron chi connectivity index (χ3n) is 2.29. The topological polar surface area (TPSA) is 56.8 Å². The molecule has 0 spiro atoms. The smallest absolute Gasteiger partial charge is 0.433 e. The van der Waals surface area contributed by atoms with Crippen molar-refractivity contribution in [2.45, 2.75) is 39.9 Å². The van der Waals surface area contributed by atoms with Gasteiger partial charge < -0.3 is 4.74 Å². The van der Waals surface area contributed by atoms with Crippen LogP contribution in [0.2, 0.25) is 0 Å². The van der Waals surface area contributed by atoms with E-state index in [2.05, 4.69) is 5.09 Å². The normalized spacial score (nSPS) is 11.8. The third-order valence-corrected chi connectivity index (χ3v) is 4.67. The van der Waals surface area contributed by atoms with E-state index in [0.29, 0.717) is 10.6 Å². The predicted octanol–water partition coefficient (Wildman–Crippen LogP) is 3.92. The number of benzene rings is 1. The van der Waals surface area contributed by atoms with Gasteiger partial charge in [-0.25, -0.2) is 4.57 Å². The maximum Gasteiger partial charge on any atom is 0.433 e. The van der Waals surface area contributed by atoms with Crippen LogP contribution in [0.3, 0.4) is 0 Å². The van der Waals surface area contributed by atoms with Crippen molar-refractivity contribution < 1.29 is 18.3 Å².